The van der Waals surface area contributed by atoms with E-state index in [-0.39, 0.29) is 6.04 Å². The zero-order chi connectivity index (χ0) is 21.8. The van der Waals surface area contributed by atoms with Gasteiger partial charge in [0.15, 0.2) is 11.5 Å². The summed E-state index contributed by atoms with van der Waals surface area (Å²) in [6.07, 6.45) is 5.03. The van der Waals surface area contributed by atoms with E-state index in [9.17, 15) is 8.42 Å². The lowest BCUT2D eigenvalue weighted by Crippen LogP contribution is -2.44. The van der Waals surface area contributed by atoms with Crippen molar-refractivity contribution >= 4 is 38.1 Å². The Morgan fingerprint density at radius 3 is 2.81 bits per heavy atom. The summed E-state index contributed by atoms with van der Waals surface area (Å²) >= 11 is 0. The highest BCUT2D eigenvalue weighted by Crippen LogP contribution is 2.33. The second kappa shape index (κ2) is 7.29. The van der Waals surface area contributed by atoms with Crippen LogP contribution in [0.3, 0.4) is 0 Å². The predicted octanol–water partition coefficient (Wildman–Crippen LogP) is 1.85. The second-order valence-electron chi connectivity index (χ2n) is 7.73. The molecule has 1 saturated heterocycles. The highest BCUT2D eigenvalue weighted by Gasteiger charge is 2.27. The van der Waals surface area contributed by atoms with Gasteiger partial charge in [-0.25, -0.2) is 18.9 Å². The summed E-state index contributed by atoms with van der Waals surface area (Å²) in [4.78, 5) is 19.2. The summed E-state index contributed by atoms with van der Waals surface area (Å²) in [5, 5.41) is 1.55. The third-order valence-electron chi connectivity index (χ3n) is 5.54. The average molecular weight is 442 g/mol. The molecule has 0 unspecified atom stereocenters. The van der Waals surface area contributed by atoms with Crippen LogP contribution in [0.5, 0.6) is 0 Å². The Morgan fingerprint density at radius 2 is 2.03 bits per heavy atom. The van der Waals surface area contributed by atoms with Crippen molar-refractivity contribution < 1.29 is 13.2 Å². The standard InChI is InChI=1S/C20H23N7O3S/c1-13-12-30-11-10-26(13)19-16-6-9-27(31(28,29)25(2)3)20(16)24-18(23-19)15-5-8-22-17-14(15)4-7-21-17/h4-9,13H,10-12H2,1-3H3,(H,21,22)/t13-/m1/s1. The second-order valence-corrected chi connectivity index (χ2v) is 9.74. The van der Waals surface area contributed by atoms with E-state index in [1.54, 1.807) is 12.3 Å². The lowest BCUT2D eigenvalue weighted by Gasteiger charge is -2.34. The van der Waals surface area contributed by atoms with Crippen LogP contribution in [0.2, 0.25) is 0 Å². The molecular formula is C20H23N7O3S. The largest absolute Gasteiger partial charge is 0.377 e. The Labute approximate surface area is 179 Å². The number of nitrogens with zero attached hydrogens (tertiary/aromatic N) is 6. The normalized spacial score (nSPS) is 17.8. The number of H-pyrrole nitrogens is 1. The molecule has 1 fully saturated rings. The fourth-order valence-electron chi connectivity index (χ4n) is 3.88. The summed E-state index contributed by atoms with van der Waals surface area (Å²) in [5.74, 6) is 1.14. The molecule has 1 N–H and O–H groups in total. The van der Waals surface area contributed by atoms with Gasteiger partial charge in [-0.3, -0.25) is 0 Å². The van der Waals surface area contributed by atoms with E-state index < -0.39 is 10.2 Å². The Balaban J connectivity index is 1.81. The number of aromatic amines is 1. The molecule has 1 aliphatic heterocycles. The van der Waals surface area contributed by atoms with Crippen LogP contribution >= 0.6 is 0 Å². The van der Waals surface area contributed by atoms with Gasteiger partial charge in [0.2, 0.25) is 0 Å². The Morgan fingerprint density at radius 1 is 1.19 bits per heavy atom. The number of anilines is 1. The Bertz CT molecular complexity index is 1380. The number of ether oxygens (including phenoxy) is 1. The number of hydrogen-bond acceptors (Lipinski definition) is 7. The van der Waals surface area contributed by atoms with Gasteiger partial charge in [0.25, 0.3) is 0 Å². The monoisotopic (exact) mass is 441 g/mol. The molecule has 10 nitrogen and oxygen atoms in total. The van der Waals surface area contributed by atoms with Crippen LogP contribution in [-0.2, 0) is 14.9 Å². The SMILES string of the molecule is C[C@@H]1COCCN1c1nc(-c2ccnc3[nH]ccc23)nc2c1ccn2S(=O)(=O)N(C)C. The predicted molar refractivity (Wildman–Crippen MR) is 118 cm³/mol. The summed E-state index contributed by atoms with van der Waals surface area (Å²) in [5.41, 5.74) is 1.84. The van der Waals surface area contributed by atoms with Crippen molar-refractivity contribution in [3.63, 3.8) is 0 Å². The van der Waals surface area contributed by atoms with E-state index in [1.165, 1.54) is 28.6 Å². The Hall–Kier alpha value is -3.02. The van der Waals surface area contributed by atoms with Gasteiger partial charge in [0.05, 0.1) is 24.6 Å². The lowest BCUT2D eigenvalue weighted by molar-refractivity contribution is 0.0987. The average Bonchev–Trinajstić information content (AvgIpc) is 3.40. The molecule has 0 radical (unpaired) electrons. The maximum atomic E-state index is 13.0. The molecule has 0 aromatic carbocycles. The molecule has 5 heterocycles. The van der Waals surface area contributed by atoms with Gasteiger partial charge in [0, 0.05) is 50.2 Å². The summed E-state index contributed by atoms with van der Waals surface area (Å²) in [6.45, 7) is 3.89. The molecule has 31 heavy (non-hydrogen) atoms. The molecule has 0 amide bonds. The summed E-state index contributed by atoms with van der Waals surface area (Å²) in [6, 6.07) is 5.61. The molecular weight excluding hydrogens is 418 g/mol. The van der Waals surface area contributed by atoms with Crippen LogP contribution in [0.4, 0.5) is 5.82 Å². The first-order valence-corrected chi connectivity index (χ1v) is 11.4. The van der Waals surface area contributed by atoms with Crippen LogP contribution in [0.1, 0.15) is 6.92 Å². The van der Waals surface area contributed by atoms with E-state index >= 15 is 0 Å². The zero-order valence-corrected chi connectivity index (χ0v) is 18.3. The minimum absolute atomic E-state index is 0.0956. The van der Waals surface area contributed by atoms with Gasteiger partial charge in [0.1, 0.15) is 11.5 Å². The minimum atomic E-state index is -3.75. The number of aromatic nitrogens is 5. The highest BCUT2D eigenvalue weighted by molar-refractivity contribution is 7.87. The van der Waals surface area contributed by atoms with Crippen LogP contribution in [0.25, 0.3) is 33.5 Å². The Kier molecular flexibility index (Phi) is 4.68. The van der Waals surface area contributed by atoms with E-state index in [0.717, 1.165) is 16.6 Å². The molecule has 1 atom stereocenters. The fourth-order valence-corrected chi connectivity index (χ4v) is 4.80. The van der Waals surface area contributed by atoms with Crippen LogP contribution in [0, 0.1) is 0 Å². The number of fused-ring (bicyclic) bond motifs is 2. The molecule has 5 rings (SSSR count). The maximum absolute atomic E-state index is 13.0. The van der Waals surface area contributed by atoms with Crippen LogP contribution < -0.4 is 4.90 Å². The number of nitrogens with one attached hydrogen (secondary N) is 1. The third kappa shape index (κ3) is 3.16. The first kappa shape index (κ1) is 19.9. The van der Waals surface area contributed by atoms with Gasteiger partial charge in [-0.15, -0.1) is 0 Å². The molecule has 4 aromatic heterocycles. The van der Waals surface area contributed by atoms with Crippen molar-refractivity contribution in [2.45, 2.75) is 13.0 Å². The lowest BCUT2D eigenvalue weighted by atomic mass is 10.1. The van der Waals surface area contributed by atoms with Gasteiger partial charge in [-0.1, -0.05) is 0 Å². The maximum Gasteiger partial charge on any atom is 0.308 e. The van der Waals surface area contributed by atoms with E-state index in [4.69, 9.17) is 14.7 Å². The number of rotatable bonds is 4. The van der Waals surface area contributed by atoms with Gasteiger partial charge < -0.3 is 14.6 Å². The smallest absolute Gasteiger partial charge is 0.308 e. The van der Waals surface area contributed by atoms with Crippen molar-refractivity contribution in [2.24, 2.45) is 0 Å². The quantitative estimate of drug-likeness (QED) is 0.515. The van der Waals surface area contributed by atoms with Crippen molar-refractivity contribution in [3.05, 3.63) is 36.8 Å². The molecule has 0 aliphatic carbocycles. The molecule has 1 aliphatic rings. The van der Waals surface area contributed by atoms with Gasteiger partial charge >= 0.3 is 10.2 Å². The van der Waals surface area contributed by atoms with Gasteiger partial charge in [-0.05, 0) is 25.1 Å². The molecule has 0 saturated carbocycles. The van der Waals surface area contributed by atoms with E-state index in [2.05, 4.69) is 21.8 Å². The first-order valence-electron chi connectivity index (χ1n) is 9.97. The topological polar surface area (TPSA) is 109 Å². The summed E-state index contributed by atoms with van der Waals surface area (Å²) in [7, 11) is -0.753. The van der Waals surface area contributed by atoms with Crippen molar-refractivity contribution in [3.8, 4) is 11.4 Å². The molecule has 4 aromatic rings. The van der Waals surface area contributed by atoms with E-state index in [0.29, 0.717) is 42.4 Å². The minimum Gasteiger partial charge on any atom is -0.377 e. The molecule has 0 spiro atoms. The zero-order valence-electron chi connectivity index (χ0n) is 17.5. The van der Waals surface area contributed by atoms with Crippen molar-refractivity contribution in [1.29, 1.82) is 0 Å². The van der Waals surface area contributed by atoms with Crippen LogP contribution in [-0.4, -0.2) is 76.5 Å². The number of morpholine rings is 1. The van der Waals surface area contributed by atoms with Crippen LogP contribution in [0.15, 0.2) is 36.8 Å². The van der Waals surface area contributed by atoms with Crippen molar-refractivity contribution in [1.82, 2.24) is 28.2 Å². The molecule has 162 valence electrons. The number of hydrogen-bond donors (Lipinski definition) is 1. The fraction of sp³-hybridized carbons (Fsp3) is 0.350. The first-order chi connectivity index (χ1) is 14.9. The summed E-state index contributed by atoms with van der Waals surface area (Å²) < 4.78 is 33.9. The van der Waals surface area contributed by atoms with Gasteiger partial charge in [-0.2, -0.15) is 12.7 Å². The van der Waals surface area contributed by atoms with E-state index in [1.807, 2.05) is 18.3 Å². The molecule has 11 heteroatoms. The third-order valence-corrected chi connectivity index (χ3v) is 7.26. The van der Waals surface area contributed by atoms with Crippen molar-refractivity contribution in [2.75, 3.05) is 38.8 Å². The highest BCUT2D eigenvalue weighted by atomic mass is 32.2. The number of pyridine rings is 1. The molecule has 0 bridgehead atoms.